The maximum Gasteiger partial charge on any atom is 0.253 e. The van der Waals surface area contributed by atoms with Crippen molar-refractivity contribution in [1.82, 2.24) is 10.6 Å². The number of nitrogens with one attached hydrogen (secondary N) is 2. The van der Waals surface area contributed by atoms with E-state index in [0.29, 0.717) is 10.6 Å². The number of hydrogen-bond donors (Lipinski definition) is 2. The Bertz CT molecular complexity index is 414. The van der Waals surface area contributed by atoms with Crippen molar-refractivity contribution in [3.8, 4) is 0 Å². The van der Waals surface area contributed by atoms with E-state index in [0.717, 1.165) is 31.5 Å². The zero-order chi connectivity index (χ0) is 12.3. The highest BCUT2D eigenvalue weighted by atomic mass is 35.5. The molecule has 4 heteroatoms. The average Bonchev–Trinajstić information content (AvgIpc) is 2.34. The van der Waals surface area contributed by atoms with Gasteiger partial charge in [-0.2, -0.15) is 0 Å². The molecule has 0 bridgehead atoms. The molecular formula is C13H17ClN2O. The lowest BCUT2D eigenvalue weighted by atomic mass is 10.1. The second-order valence-corrected chi connectivity index (χ2v) is 4.83. The summed E-state index contributed by atoms with van der Waals surface area (Å²) in [6.45, 7) is 3.79. The van der Waals surface area contributed by atoms with E-state index in [1.807, 2.05) is 19.1 Å². The maximum absolute atomic E-state index is 12.1. The average molecular weight is 253 g/mol. The lowest BCUT2D eigenvalue weighted by molar-refractivity contribution is 0.0931. The second kappa shape index (κ2) is 5.52. The van der Waals surface area contributed by atoms with Crippen molar-refractivity contribution < 1.29 is 4.79 Å². The van der Waals surface area contributed by atoms with Gasteiger partial charge in [0.2, 0.25) is 0 Å². The van der Waals surface area contributed by atoms with Crippen LogP contribution in [0, 0.1) is 6.92 Å². The van der Waals surface area contributed by atoms with Crippen molar-refractivity contribution in [1.29, 1.82) is 0 Å². The Kier molecular flexibility index (Phi) is 4.02. The monoisotopic (exact) mass is 252 g/mol. The quantitative estimate of drug-likeness (QED) is 0.847. The largest absolute Gasteiger partial charge is 0.348 e. The summed E-state index contributed by atoms with van der Waals surface area (Å²) in [6.07, 6.45) is 2.13. The van der Waals surface area contributed by atoms with Gasteiger partial charge in [0.15, 0.2) is 0 Å². The van der Waals surface area contributed by atoms with Crippen molar-refractivity contribution in [3.63, 3.8) is 0 Å². The van der Waals surface area contributed by atoms with Gasteiger partial charge in [-0.05, 0) is 37.9 Å². The molecule has 0 saturated carbocycles. The van der Waals surface area contributed by atoms with E-state index in [1.165, 1.54) is 0 Å². The zero-order valence-corrected chi connectivity index (χ0v) is 10.7. The van der Waals surface area contributed by atoms with E-state index in [-0.39, 0.29) is 11.9 Å². The molecule has 0 aliphatic carbocycles. The molecule has 1 fully saturated rings. The van der Waals surface area contributed by atoms with Crippen LogP contribution in [-0.2, 0) is 0 Å². The molecule has 2 N–H and O–H groups in total. The fraction of sp³-hybridized carbons (Fsp3) is 0.462. The maximum atomic E-state index is 12.1. The highest BCUT2D eigenvalue weighted by Crippen LogP contribution is 2.20. The Morgan fingerprint density at radius 1 is 1.53 bits per heavy atom. The van der Waals surface area contributed by atoms with Crippen LogP contribution in [-0.4, -0.2) is 25.0 Å². The molecule has 17 heavy (non-hydrogen) atoms. The van der Waals surface area contributed by atoms with Gasteiger partial charge in [0.25, 0.3) is 5.91 Å². The first kappa shape index (κ1) is 12.4. The number of hydrogen-bond acceptors (Lipinski definition) is 2. The van der Waals surface area contributed by atoms with Gasteiger partial charge < -0.3 is 10.6 Å². The molecule has 92 valence electrons. The van der Waals surface area contributed by atoms with Crippen LogP contribution in [0.2, 0.25) is 5.02 Å². The first-order valence-corrected chi connectivity index (χ1v) is 6.33. The summed E-state index contributed by atoms with van der Waals surface area (Å²) in [6, 6.07) is 5.74. The minimum Gasteiger partial charge on any atom is -0.348 e. The molecule has 0 aromatic heterocycles. The van der Waals surface area contributed by atoms with E-state index in [1.54, 1.807) is 6.07 Å². The molecule has 1 aliphatic heterocycles. The molecule has 1 atom stereocenters. The van der Waals surface area contributed by atoms with Crippen molar-refractivity contribution in [2.24, 2.45) is 0 Å². The molecule has 3 nitrogen and oxygen atoms in total. The van der Waals surface area contributed by atoms with E-state index >= 15 is 0 Å². The van der Waals surface area contributed by atoms with Crippen LogP contribution >= 0.6 is 11.6 Å². The number of amides is 1. The fourth-order valence-electron chi connectivity index (χ4n) is 2.06. The van der Waals surface area contributed by atoms with E-state index in [9.17, 15) is 4.79 Å². The van der Waals surface area contributed by atoms with E-state index < -0.39 is 0 Å². The van der Waals surface area contributed by atoms with Crippen LogP contribution in [0.5, 0.6) is 0 Å². The van der Waals surface area contributed by atoms with Gasteiger partial charge in [-0.3, -0.25) is 4.79 Å². The van der Waals surface area contributed by atoms with Crippen LogP contribution in [0.15, 0.2) is 18.2 Å². The number of benzene rings is 1. The van der Waals surface area contributed by atoms with Crippen molar-refractivity contribution in [2.45, 2.75) is 25.8 Å². The van der Waals surface area contributed by atoms with Crippen molar-refractivity contribution >= 4 is 17.5 Å². The lowest BCUT2D eigenvalue weighted by Crippen LogP contribution is -2.45. The fourth-order valence-corrected chi connectivity index (χ4v) is 2.27. The molecular weight excluding hydrogens is 236 g/mol. The first-order chi connectivity index (χ1) is 8.18. The summed E-state index contributed by atoms with van der Waals surface area (Å²) in [5.41, 5.74) is 1.50. The highest BCUT2D eigenvalue weighted by Gasteiger charge is 2.18. The van der Waals surface area contributed by atoms with E-state index in [2.05, 4.69) is 10.6 Å². The third-order valence-corrected chi connectivity index (χ3v) is 3.57. The Morgan fingerprint density at radius 3 is 3.06 bits per heavy atom. The Hall–Kier alpha value is -1.06. The minimum absolute atomic E-state index is 0.0765. The van der Waals surface area contributed by atoms with Gasteiger partial charge in [-0.25, -0.2) is 0 Å². The molecule has 1 amide bonds. The highest BCUT2D eigenvalue weighted by molar-refractivity contribution is 6.34. The topological polar surface area (TPSA) is 41.1 Å². The summed E-state index contributed by atoms with van der Waals surface area (Å²) in [5, 5.41) is 6.84. The van der Waals surface area contributed by atoms with Crippen LogP contribution in [0.4, 0.5) is 0 Å². The van der Waals surface area contributed by atoms with Crippen molar-refractivity contribution in [2.75, 3.05) is 13.1 Å². The van der Waals surface area contributed by atoms with Gasteiger partial charge in [0.1, 0.15) is 0 Å². The third-order valence-electron chi connectivity index (χ3n) is 3.07. The standard InChI is InChI=1S/C13H17ClN2O/c1-9-4-2-6-11(12(9)14)13(17)16-10-5-3-7-15-8-10/h2,4,6,10,15H,3,5,7-8H2,1H3,(H,16,17)/t10-/m1/s1. The lowest BCUT2D eigenvalue weighted by Gasteiger charge is -2.24. The molecule has 1 aliphatic rings. The zero-order valence-electron chi connectivity index (χ0n) is 9.92. The normalized spacial score (nSPS) is 20.0. The number of aryl methyl sites for hydroxylation is 1. The van der Waals surface area contributed by atoms with Gasteiger partial charge >= 0.3 is 0 Å². The molecule has 1 saturated heterocycles. The number of rotatable bonds is 2. The van der Waals surface area contributed by atoms with Crippen LogP contribution in [0.1, 0.15) is 28.8 Å². The Morgan fingerprint density at radius 2 is 2.35 bits per heavy atom. The summed E-state index contributed by atoms with van der Waals surface area (Å²) in [7, 11) is 0. The predicted octanol–water partition coefficient (Wildman–Crippen LogP) is 2.13. The molecule has 0 spiro atoms. The first-order valence-electron chi connectivity index (χ1n) is 5.95. The molecule has 1 heterocycles. The van der Waals surface area contributed by atoms with Gasteiger partial charge in [0.05, 0.1) is 10.6 Å². The second-order valence-electron chi connectivity index (χ2n) is 4.45. The molecule has 1 aromatic rings. The smallest absolute Gasteiger partial charge is 0.253 e. The van der Waals surface area contributed by atoms with Crippen LogP contribution < -0.4 is 10.6 Å². The van der Waals surface area contributed by atoms with Gasteiger partial charge in [0, 0.05) is 12.6 Å². The minimum atomic E-state index is -0.0765. The van der Waals surface area contributed by atoms with E-state index in [4.69, 9.17) is 11.6 Å². The van der Waals surface area contributed by atoms with Crippen LogP contribution in [0.3, 0.4) is 0 Å². The van der Waals surface area contributed by atoms with Gasteiger partial charge in [-0.1, -0.05) is 23.7 Å². The van der Waals surface area contributed by atoms with Crippen molar-refractivity contribution in [3.05, 3.63) is 34.3 Å². The summed E-state index contributed by atoms with van der Waals surface area (Å²) in [5.74, 6) is -0.0765. The molecule has 0 unspecified atom stereocenters. The van der Waals surface area contributed by atoms with Crippen LogP contribution in [0.25, 0.3) is 0 Å². The molecule has 0 radical (unpaired) electrons. The molecule has 1 aromatic carbocycles. The summed E-state index contributed by atoms with van der Waals surface area (Å²) in [4.78, 5) is 12.1. The Balaban J connectivity index is 2.06. The predicted molar refractivity (Wildman–Crippen MR) is 69.5 cm³/mol. The third kappa shape index (κ3) is 2.99. The number of halogens is 1. The summed E-state index contributed by atoms with van der Waals surface area (Å²) >= 11 is 6.13. The number of piperidine rings is 1. The molecule has 2 rings (SSSR count). The SMILES string of the molecule is Cc1cccc(C(=O)N[C@@H]2CCCNC2)c1Cl. The van der Waals surface area contributed by atoms with Gasteiger partial charge in [-0.15, -0.1) is 0 Å². The number of carbonyl (C=O) groups is 1. The summed E-state index contributed by atoms with van der Waals surface area (Å²) < 4.78 is 0. The number of carbonyl (C=O) groups excluding carboxylic acids is 1. The Labute approximate surface area is 107 Å².